The normalized spacial score (nSPS) is 22.1. The Hall–Kier alpha value is -1.48. The summed E-state index contributed by atoms with van der Waals surface area (Å²) in [6.45, 7) is 8.81. The largest absolute Gasteiger partial charge is 0.453 e. The van der Waals surface area contributed by atoms with Crippen molar-refractivity contribution in [3.63, 3.8) is 0 Å². The summed E-state index contributed by atoms with van der Waals surface area (Å²) in [5.41, 5.74) is 4.40. The molecule has 1 atom stereocenters. The second kappa shape index (κ2) is 5.02. The standard InChI is InChI=1S/C15H20O2Si/c1-12-10-16-14(11-18(2,3)4)17-15(12)13-8-6-5-7-9-13/h5-11,15H,1-4H3. The molecule has 0 saturated heterocycles. The Balaban J connectivity index is 2.25. The van der Waals surface area contributed by atoms with E-state index in [0.717, 1.165) is 11.1 Å². The van der Waals surface area contributed by atoms with Crippen LogP contribution in [-0.2, 0) is 9.47 Å². The summed E-state index contributed by atoms with van der Waals surface area (Å²) < 4.78 is 11.5. The van der Waals surface area contributed by atoms with Crippen LogP contribution in [0.1, 0.15) is 18.6 Å². The van der Waals surface area contributed by atoms with Crippen molar-refractivity contribution in [1.29, 1.82) is 0 Å². The lowest BCUT2D eigenvalue weighted by atomic mass is 10.0. The molecule has 0 saturated carbocycles. The van der Waals surface area contributed by atoms with Crippen LogP contribution in [0.3, 0.4) is 0 Å². The molecule has 1 heterocycles. The first-order valence-electron chi connectivity index (χ1n) is 6.23. The van der Waals surface area contributed by atoms with Gasteiger partial charge in [0.2, 0.25) is 0 Å². The lowest BCUT2D eigenvalue weighted by molar-refractivity contribution is 0.0188. The van der Waals surface area contributed by atoms with Gasteiger partial charge in [0.25, 0.3) is 5.95 Å². The maximum Gasteiger partial charge on any atom is 0.276 e. The Morgan fingerprint density at radius 2 is 1.78 bits per heavy atom. The summed E-state index contributed by atoms with van der Waals surface area (Å²) in [6.07, 6.45) is 1.77. The van der Waals surface area contributed by atoms with Crippen LogP contribution >= 0.6 is 0 Å². The summed E-state index contributed by atoms with van der Waals surface area (Å²) in [7, 11) is -1.34. The molecule has 1 aliphatic rings. The molecule has 0 bridgehead atoms. The highest BCUT2D eigenvalue weighted by atomic mass is 28.3. The highest BCUT2D eigenvalue weighted by molar-refractivity contribution is 6.81. The van der Waals surface area contributed by atoms with Crippen molar-refractivity contribution in [2.75, 3.05) is 0 Å². The molecule has 0 aliphatic carbocycles. The van der Waals surface area contributed by atoms with Crippen LogP contribution in [0, 0.1) is 0 Å². The molecule has 0 N–H and O–H groups in total. The van der Waals surface area contributed by atoms with Gasteiger partial charge in [-0.05, 0) is 18.2 Å². The van der Waals surface area contributed by atoms with Gasteiger partial charge in [-0.1, -0.05) is 50.0 Å². The third kappa shape index (κ3) is 3.26. The van der Waals surface area contributed by atoms with Crippen molar-refractivity contribution in [1.82, 2.24) is 0 Å². The maximum absolute atomic E-state index is 5.97. The van der Waals surface area contributed by atoms with Crippen LogP contribution in [-0.4, -0.2) is 8.07 Å². The quantitative estimate of drug-likeness (QED) is 0.734. The predicted octanol–water partition coefficient (Wildman–Crippen LogP) is 4.40. The van der Waals surface area contributed by atoms with Crippen molar-refractivity contribution in [2.45, 2.75) is 32.7 Å². The second-order valence-corrected chi connectivity index (χ2v) is 10.7. The summed E-state index contributed by atoms with van der Waals surface area (Å²) in [4.78, 5) is 0. The zero-order valence-electron chi connectivity index (χ0n) is 11.4. The molecule has 0 amide bonds. The van der Waals surface area contributed by atoms with Gasteiger partial charge in [0.1, 0.15) is 0 Å². The number of hydrogen-bond donors (Lipinski definition) is 0. The lowest BCUT2D eigenvalue weighted by Crippen LogP contribution is -2.20. The fourth-order valence-corrected chi connectivity index (χ4v) is 2.67. The van der Waals surface area contributed by atoms with Crippen molar-refractivity contribution < 1.29 is 9.47 Å². The number of rotatable bonds is 2. The maximum atomic E-state index is 5.97. The molecule has 96 valence electrons. The molecule has 0 fully saturated rings. The molecule has 2 nitrogen and oxygen atoms in total. The van der Waals surface area contributed by atoms with Crippen LogP contribution in [0.15, 0.2) is 53.8 Å². The summed E-state index contributed by atoms with van der Waals surface area (Å²) in [5, 5.41) is 0. The van der Waals surface area contributed by atoms with Crippen molar-refractivity contribution in [2.24, 2.45) is 0 Å². The number of benzene rings is 1. The van der Waals surface area contributed by atoms with Crippen LogP contribution < -0.4 is 0 Å². The van der Waals surface area contributed by atoms with Crippen LogP contribution in [0.5, 0.6) is 0 Å². The SMILES string of the molecule is CC1=COC(=C[Si](C)(C)C)OC1c1ccccc1. The van der Waals surface area contributed by atoms with Crippen molar-refractivity contribution in [3.8, 4) is 0 Å². The molecule has 0 aromatic heterocycles. The first kappa shape index (κ1) is 13.0. The predicted molar refractivity (Wildman–Crippen MR) is 76.5 cm³/mol. The van der Waals surface area contributed by atoms with Gasteiger partial charge >= 0.3 is 0 Å². The van der Waals surface area contributed by atoms with Gasteiger partial charge in [0, 0.05) is 5.57 Å². The van der Waals surface area contributed by atoms with E-state index in [9.17, 15) is 0 Å². The summed E-state index contributed by atoms with van der Waals surface area (Å²) in [5.74, 6) is 0.647. The highest BCUT2D eigenvalue weighted by Gasteiger charge is 2.23. The summed E-state index contributed by atoms with van der Waals surface area (Å²) in [6, 6.07) is 10.2. The van der Waals surface area contributed by atoms with E-state index in [1.54, 1.807) is 6.26 Å². The van der Waals surface area contributed by atoms with E-state index in [1.165, 1.54) is 0 Å². The van der Waals surface area contributed by atoms with Crippen molar-refractivity contribution in [3.05, 3.63) is 59.4 Å². The van der Waals surface area contributed by atoms with Gasteiger partial charge in [-0.3, -0.25) is 0 Å². The summed E-state index contributed by atoms with van der Waals surface area (Å²) >= 11 is 0. The fourth-order valence-electron chi connectivity index (χ4n) is 1.83. The Labute approximate surface area is 110 Å². The molecule has 1 aliphatic heterocycles. The zero-order chi connectivity index (χ0) is 13.2. The smallest absolute Gasteiger partial charge is 0.276 e. The topological polar surface area (TPSA) is 18.5 Å². The van der Waals surface area contributed by atoms with Gasteiger partial charge in [0.15, 0.2) is 6.10 Å². The van der Waals surface area contributed by atoms with Crippen LogP contribution in [0.25, 0.3) is 0 Å². The van der Waals surface area contributed by atoms with Crippen molar-refractivity contribution >= 4 is 8.07 Å². The first-order chi connectivity index (χ1) is 8.46. The van der Waals surface area contributed by atoms with Gasteiger partial charge in [-0.25, -0.2) is 0 Å². The minimum Gasteiger partial charge on any atom is -0.453 e. The van der Waals surface area contributed by atoms with E-state index in [4.69, 9.17) is 9.47 Å². The Morgan fingerprint density at radius 3 is 2.39 bits per heavy atom. The van der Waals surface area contributed by atoms with E-state index in [0.29, 0.717) is 5.95 Å². The fraction of sp³-hybridized carbons (Fsp3) is 0.333. The van der Waals surface area contributed by atoms with Gasteiger partial charge in [-0.15, -0.1) is 0 Å². The minimum atomic E-state index is -1.34. The minimum absolute atomic E-state index is 0.0254. The number of ether oxygens (including phenoxy) is 2. The zero-order valence-corrected chi connectivity index (χ0v) is 12.4. The average Bonchev–Trinajstić information content (AvgIpc) is 2.31. The molecule has 18 heavy (non-hydrogen) atoms. The first-order valence-corrected chi connectivity index (χ1v) is 9.81. The van der Waals surface area contributed by atoms with E-state index in [1.807, 2.05) is 25.1 Å². The van der Waals surface area contributed by atoms with Crippen LogP contribution in [0.2, 0.25) is 19.6 Å². The molecule has 2 rings (SSSR count). The van der Waals surface area contributed by atoms with E-state index in [2.05, 4.69) is 37.5 Å². The Morgan fingerprint density at radius 1 is 1.11 bits per heavy atom. The van der Waals surface area contributed by atoms with Gasteiger partial charge in [-0.2, -0.15) is 0 Å². The van der Waals surface area contributed by atoms with Gasteiger partial charge in [0.05, 0.1) is 14.3 Å². The van der Waals surface area contributed by atoms with E-state index < -0.39 is 8.07 Å². The lowest BCUT2D eigenvalue weighted by Gasteiger charge is -2.26. The van der Waals surface area contributed by atoms with E-state index >= 15 is 0 Å². The molecule has 0 spiro atoms. The third-order valence-electron chi connectivity index (χ3n) is 2.66. The molecular formula is C15H20O2Si. The third-order valence-corrected chi connectivity index (χ3v) is 3.76. The monoisotopic (exact) mass is 260 g/mol. The molecule has 1 unspecified atom stereocenters. The van der Waals surface area contributed by atoms with Crippen LogP contribution in [0.4, 0.5) is 0 Å². The Kier molecular flexibility index (Phi) is 3.62. The molecule has 1 aromatic rings. The molecule has 3 heteroatoms. The molecule has 0 radical (unpaired) electrons. The molecular weight excluding hydrogens is 240 g/mol. The van der Waals surface area contributed by atoms with Gasteiger partial charge < -0.3 is 9.47 Å². The Bertz CT molecular complexity index is 469. The average molecular weight is 260 g/mol. The number of hydrogen-bond acceptors (Lipinski definition) is 2. The van der Waals surface area contributed by atoms with E-state index in [-0.39, 0.29) is 6.10 Å². The highest BCUT2D eigenvalue weighted by Crippen LogP contribution is 2.32. The second-order valence-electron chi connectivity index (χ2n) is 5.72. The molecule has 1 aromatic carbocycles.